The second-order valence-corrected chi connectivity index (χ2v) is 14.0. The molecule has 8 aromatic carbocycles. The van der Waals surface area contributed by atoms with Crippen LogP contribution < -0.4 is 43.7 Å². The first-order valence-electron chi connectivity index (χ1n) is 16.4. The van der Waals surface area contributed by atoms with Crippen molar-refractivity contribution in [3.63, 3.8) is 0 Å². The fourth-order valence-electron chi connectivity index (χ4n) is 7.78. The molecule has 0 saturated carbocycles. The molecule has 16 radical (unpaired) electrons. The molecule has 0 aliphatic carbocycles. The molecule has 0 spiro atoms. The molecule has 216 valence electrons. The van der Waals surface area contributed by atoms with E-state index in [0.29, 0.717) is 32.7 Å². The average Bonchev–Trinajstić information content (AvgIpc) is 3.55. The lowest BCUT2D eigenvalue weighted by atomic mass is 9.59. The first kappa shape index (κ1) is 32.2. The van der Waals surface area contributed by atoms with E-state index in [0.717, 1.165) is 33.0 Å². The molecule has 9 heteroatoms. The van der Waals surface area contributed by atoms with Gasteiger partial charge in [0.05, 0.1) is 0 Å². The molecule has 0 atom stereocenters. The summed E-state index contributed by atoms with van der Waals surface area (Å²) in [6.07, 6.45) is 0. The summed E-state index contributed by atoms with van der Waals surface area (Å²) in [5, 5.41) is 6.85. The van der Waals surface area contributed by atoms with Gasteiger partial charge in [-0.15, -0.1) is 33.2 Å². The van der Waals surface area contributed by atoms with E-state index in [-0.39, 0.29) is 43.7 Å². The van der Waals surface area contributed by atoms with Crippen LogP contribution in [-0.2, 0) is 0 Å². The Balaban J connectivity index is 1.43. The molecule has 0 amide bonds. The van der Waals surface area contributed by atoms with E-state index in [4.69, 9.17) is 62.8 Å². The molecule has 9 aromatic rings. The van der Waals surface area contributed by atoms with E-state index < -0.39 is 0 Å². The Labute approximate surface area is 311 Å². The SMILES string of the molecule is [B]c1c([B])c([B])c2c(-c3cccc4ccccc34)c3c([B])c([B])c([B])c([B])c3c(-c3ccc(-c4cccc5sc6ccccc6c45)cc3)c2c1[B]. The fraction of sp³-hybridized carbons (Fsp3) is 0. The maximum atomic E-state index is 6.97. The van der Waals surface area contributed by atoms with Crippen molar-refractivity contribution in [1.29, 1.82) is 0 Å². The number of benzene rings is 8. The molecular weight excluding hydrogens is 623 g/mol. The third-order valence-electron chi connectivity index (χ3n) is 10.3. The highest BCUT2D eigenvalue weighted by molar-refractivity contribution is 7.26. The standard InChI is InChI=1S/C42H18B8S/c43-35-31-28(21-17-15-20(16-18-21)23-11-6-14-27-29(23)25-10-3-4-13-26(25)51-27)32-34(38(46)42(50)40(48)36(32)44)30(33(31)37(45)41(49)39(35)47)24-12-5-8-19-7-1-2-9-22(19)24/h1-18H. The van der Waals surface area contributed by atoms with Crippen LogP contribution in [0.5, 0.6) is 0 Å². The molecule has 0 fully saturated rings. The maximum Gasteiger partial charge on any atom is 0.113 e. The van der Waals surface area contributed by atoms with Crippen LogP contribution in [0.3, 0.4) is 0 Å². The summed E-state index contributed by atoms with van der Waals surface area (Å²) in [5.74, 6) is 0. The first-order chi connectivity index (χ1) is 24.7. The smallest absolute Gasteiger partial charge is 0.113 e. The topological polar surface area (TPSA) is 0 Å². The second kappa shape index (κ2) is 11.9. The molecule has 0 bridgehead atoms. The monoisotopic (exact) mass is 642 g/mol. The molecule has 0 unspecified atom stereocenters. The van der Waals surface area contributed by atoms with E-state index >= 15 is 0 Å². The largest absolute Gasteiger partial charge is 0.135 e. The summed E-state index contributed by atoms with van der Waals surface area (Å²) >= 11 is 1.79. The van der Waals surface area contributed by atoms with E-state index in [2.05, 4.69) is 66.7 Å². The van der Waals surface area contributed by atoms with Crippen molar-refractivity contribution in [2.45, 2.75) is 0 Å². The quantitative estimate of drug-likeness (QED) is 0.206. The highest BCUT2D eigenvalue weighted by atomic mass is 32.1. The van der Waals surface area contributed by atoms with Crippen LogP contribution in [0.4, 0.5) is 0 Å². The van der Waals surface area contributed by atoms with Crippen molar-refractivity contribution in [3.05, 3.63) is 109 Å². The van der Waals surface area contributed by atoms with Crippen molar-refractivity contribution >= 4 is 170 Å². The van der Waals surface area contributed by atoms with Gasteiger partial charge < -0.3 is 0 Å². The van der Waals surface area contributed by atoms with Crippen molar-refractivity contribution in [2.75, 3.05) is 0 Å². The lowest BCUT2D eigenvalue weighted by molar-refractivity contribution is 1.66. The van der Waals surface area contributed by atoms with Gasteiger partial charge in [0.25, 0.3) is 0 Å². The highest BCUT2D eigenvalue weighted by Crippen LogP contribution is 2.44. The maximum absolute atomic E-state index is 6.97. The van der Waals surface area contributed by atoms with Crippen molar-refractivity contribution in [1.82, 2.24) is 0 Å². The molecule has 51 heavy (non-hydrogen) atoms. The zero-order valence-corrected chi connectivity index (χ0v) is 28.2. The van der Waals surface area contributed by atoms with E-state index in [9.17, 15) is 0 Å². The van der Waals surface area contributed by atoms with Crippen LogP contribution >= 0.6 is 11.3 Å². The summed E-state index contributed by atoms with van der Waals surface area (Å²) in [4.78, 5) is 0. The fourth-order valence-corrected chi connectivity index (χ4v) is 8.91. The van der Waals surface area contributed by atoms with Gasteiger partial charge in [-0.25, -0.2) is 0 Å². The number of thiophene rings is 1. The van der Waals surface area contributed by atoms with Crippen molar-refractivity contribution in [3.8, 4) is 33.4 Å². The highest BCUT2D eigenvalue weighted by Gasteiger charge is 2.25. The summed E-state index contributed by atoms with van der Waals surface area (Å²) < 4.78 is 2.47. The zero-order valence-electron chi connectivity index (χ0n) is 27.4. The first-order valence-corrected chi connectivity index (χ1v) is 17.2. The predicted octanol–water partition coefficient (Wildman–Crippen LogP) is 2.87. The van der Waals surface area contributed by atoms with Crippen LogP contribution in [0.1, 0.15) is 0 Å². The molecule has 0 nitrogen and oxygen atoms in total. The van der Waals surface area contributed by atoms with E-state index in [1.54, 1.807) is 11.3 Å². The van der Waals surface area contributed by atoms with Gasteiger partial charge in [0.2, 0.25) is 0 Å². The number of fused-ring (bicyclic) bond motifs is 6. The minimum Gasteiger partial charge on any atom is -0.135 e. The van der Waals surface area contributed by atoms with Crippen LogP contribution in [0.2, 0.25) is 0 Å². The Morgan fingerprint density at radius 1 is 0.314 bits per heavy atom. The van der Waals surface area contributed by atoms with Crippen molar-refractivity contribution < 1.29 is 0 Å². The predicted molar refractivity (Wildman–Crippen MR) is 231 cm³/mol. The van der Waals surface area contributed by atoms with Crippen molar-refractivity contribution in [2.24, 2.45) is 0 Å². The molecule has 9 rings (SSSR count). The Hall–Kier alpha value is -4.72. The Morgan fingerprint density at radius 2 is 0.765 bits per heavy atom. The van der Waals surface area contributed by atoms with Gasteiger partial charge in [-0.1, -0.05) is 119 Å². The summed E-state index contributed by atoms with van der Waals surface area (Å²) in [5.41, 5.74) is 7.11. The van der Waals surface area contributed by atoms with Crippen LogP contribution in [0.25, 0.3) is 85.9 Å². The second-order valence-electron chi connectivity index (χ2n) is 12.9. The average molecular weight is 641 g/mol. The minimum atomic E-state index is 0.187. The van der Waals surface area contributed by atoms with Gasteiger partial charge in [0.15, 0.2) is 0 Å². The van der Waals surface area contributed by atoms with Gasteiger partial charge in [0.1, 0.15) is 62.8 Å². The number of rotatable bonds is 3. The molecule has 0 saturated heterocycles. The summed E-state index contributed by atoms with van der Waals surface area (Å²) in [6.45, 7) is 0. The number of hydrogen-bond acceptors (Lipinski definition) is 1. The molecular formula is C42H18B8S. The molecule has 1 heterocycles. The molecule has 0 aliphatic rings. The van der Waals surface area contributed by atoms with Gasteiger partial charge in [-0.2, -0.15) is 0 Å². The Morgan fingerprint density at radius 3 is 1.39 bits per heavy atom. The molecule has 0 N–H and O–H groups in total. The Bertz CT molecular complexity index is 2860. The van der Waals surface area contributed by atoms with Crippen LogP contribution in [-0.4, -0.2) is 62.8 Å². The van der Waals surface area contributed by atoms with Crippen LogP contribution in [0.15, 0.2) is 109 Å². The van der Waals surface area contributed by atoms with E-state index in [1.807, 2.05) is 42.5 Å². The molecule has 0 aliphatic heterocycles. The normalized spacial score (nSPS) is 11.8. The van der Waals surface area contributed by atoms with Gasteiger partial charge in [-0.05, 0) is 77.8 Å². The molecule has 1 aromatic heterocycles. The van der Waals surface area contributed by atoms with Gasteiger partial charge in [0, 0.05) is 20.2 Å². The lowest BCUT2D eigenvalue weighted by Crippen LogP contribution is -2.50. The van der Waals surface area contributed by atoms with E-state index in [1.165, 1.54) is 20.2 Å². The third-order valence-corrected chi connectivity index (χ3v) is 11.4. The van der Waals surface area contributed by atoms with Gasteiger partial charge in [-0.3, -0.25) is 0 Å². The van der Waals surface area contributed by atoms with Crippen LogP contribution in [0, 0.1) is 0 Å². The minimum absolute atomic E-state index is 0.187. The number of hydrogen-bond donors (Lipinski definition) is 0. The third kappa shape index (κ3) is 4.63. The van der Waals surface area contributed by atoms with Gasteiger partial charge >= 0.3 is 0 Å². The summed E-state index contributed by atoms with van der Waals surface area (Å²) in [7, 11) is 54.3. The summed E-state index contributed by atoms with van der Waals surface area (Å²) in [6, 6.07) is 37.4. The zero-order chi connectivity index (χ0) is 35.3. The Kier molecular flexibility index (Phi) is 7.53. The lowest BCUT2D eigenvalue weighted by Gasteiger charge is -2.29.